The summed E-state index contributed by atoms with van der Waals surface area (Å²) in [6.45, 7) is 3.71. The average Bonchev–Trinajstić information content (AvgIpc) is 2.16. The van der Waals surface area contributed by atoms with Crippen molar-refractivity contribution in [3.8, 4) is 5.75 Å². The summed E-state index contributed by atoms with van der Waals surface area (Å²) in [5.74, 6) is 0.286. The Balaban J connectivity index is 0.000000980. The Morgan fingerprint density at radius 1 is 1.14 bits per heavy atom. The van der Waals surface area contributed by atoms with Crippen molar-refractivity contribution in [1.82, 2.24) is 0 Å². The molecule has 0 aromatic heterocycles. The SMILES string of the molecule is C=Cc1cc(O)cc2ccccc12.[Y]. The third kappa shape index (κ3) is 2.05. The molecule has 0 unspecified atom stereocenters. The van der Waals surface area contributed by atoms with Gasteiger partial charge in [-0.2, -0.15) is 0 Å². The zero-order chi connectivity index (χ0) is 9.26. The molecule has 2 heteroatoms. The maximum atomic E-state index is 9.39. The van der Waals surface area contributed by atoms with Crippen molar-refractivity contribution in [3.05, 3.63) is 48.5 Å². The van der Waals surface area contributed by atoms with E-state index in [2.05, 4.69) is 6.58 Å². The van der Waals surface area contributed by atoms with E-state index in [1.807, 2.05) is 24.3 Å². The van der Waals surface area contributed by atoms with Crippen molar-refractivity contribution in [2.45, 2.75) is 0 Å². The van der Waals surface area contributed by atoms with Gasteiger partial charge in [0.1, 0.15) is 5.75 Å². The quantitative estimate of drug-likeness (QED) is 0.833. The molecule has 1 nitrogen and oxygen atoms in total. The van der Waals surface area contributed by atoms with E-state index in [9.17, 15) is 5.11 Å². The van der Waals surface area contributed by atoms with Crippen LogP contribution in [0.15, 0.2) is 43.0 Å². The molecule has 67 valence electrons. The van der Waals surface area contributed by atoms with Crippen LogP contribution in [0, 0.1) is 0 Å². The minimum atomic E-state index is 0. The van der Waals surface area contributed by atoms with Gasteiger partial charge in [0.15, 0.2) is 0 Å². The molecular weight excluding hydrogens is 249 g/mol. The van der Waals surface area contributed by atoms with Gasteiger partial charge >= 0.3 is 0 Å². The van der Waals surface area contributed by atoms with Gasteiger partial charge < -0.3 is 5.11 Å². The van der Waals surface area contributed by atoms with Crippen LogP contribution >= 0.6 is 0 Å². The molecule has 0 fully saturated rings. The van der Waals surface area contributed by atoms with Gasteiger partial charge in [-0.1, -0.05) is 36.9 Å². The summed E-state index contributed by atoms with van der Waals surface area (Å²) < 4.78 is 0. The average molecular weight is 259 g/mol. The number of hydrogen-bond donors (Lipinski definition) is 1. The fourth-order valence-electron chi connectivity index (χ4n) is 1.49. The minimum absolute atomic E-state index is 0. The first kappa shape index (κ1) is 11.4. The van der Waals surface area contributed by atoms with E-state index >= 15 is 0 Å². The van der Waals surface area contributed by atoms with Crippen LogP contribution in [0.1, 0.15) is 5.56 Å². The predicted octanol–water partition coefficient (Wildman–Crippen LogP) is 3.19. The molecular formula is C12H10OY. The molecule has 1 N–H and O–H groups in total. The Bertz CT molecular complexity index is 463. The van der Waals surface area contributed by atoms with Crippen LogP contribution in [0.5, 0.6) is 5.75 Å². The molecule has 1 radical (unpaired) electrons. The fourth-order valence-corrected chi connectivity index (χ4v) is 1.49. The molecule has 0 bridgehead atoms. The number of phenolic OH excluding ortho intramolecular Hbond substituents is 1. The van der Waals surface area contributed by atoms with Crippen LogP contribution in [0.2, 0.25) is 0 Å². The zero-order valence-electron chi connectivity index (χ0n) is 7.77. The third-order valence-electron chi connectivity index (χ3n) is 2.10. The second kappa shape index (κ2) is 4.72. The molecule has 2 aromatic rings. The first-order valence-electron chi connectivity index (χ1n) is 4.15. The maximum Gasteiger partial charge on any atom is 0.116 e. The molecule has 0 amide bonds. The summed E-state index contributed by atoms with van der Waals surface area (Å²) in [4.78, 5) is 0. The van der Waals surface area contributed by atoms with Gasteiger partial charge in [-0.05, 0) is 28.5 Å². The van der Waals surface area contributed by atoms with Crippen LogP contribution in [0.4, 0.5) is 0 Å². The fraction of sp³-hybridized carbons (Fsp3) is 0. The summed E-state index contributed by atoms with van der Waals surface area (Å²) in [5, 5.41) is 11.6. The van der Waals surface area contributed by atoms with Gasteiger partial charge in [0.2, 0.25) is 0 Å². The third-order valence-corrected chi connectivity index (χ3v) is 2.10. The summed E-state index contributed by atoms with van der Waals surface area (Å²) in [6.07, 6.45) is 1.75. The minimum Gasteiger partial charge on any atom is -0.508 e. The predicted molar refractivity (Wildman–Crippen MR) is 55.7 cm³/mol. The van der Waals surface area contributed by atoms with Crippen molar-refractivity contribution in [2.24, 2.45) is 0 Å². The molecule has 0 aliphatic carbocycles. The summed E-state index contributed by atoms with van der Waals surface area (Å²) in [5.41, 5.74) is 0.968. The van der Waals surface area contributed by atoms with Crippen molar-refractivity contribution in [1.29, 1.82) is 0 Å². The first-order chi connectivity index (χ1) is 6.31. The van der Waals surface area contributed by atoms with Crippen molar-refractivity contribution in [2.75, 3.05) is 0 Å². The van der Waals surface area contributed by atoms with E-state index in [4.69, 9.17) is 0 Å². The molecule has 14 heavy (non-hydrogen) atoms. The number of phenols is 1. The van der Waals surface area contributed by atoms with Gasteiger partial charge in [0, 0.05) is 32.7 Å². The normalized spacial score (nSPS) is 9.43. The molecule has 0 saturated carbocycles. The topological polar surface area (TPSA) is 20.2 Å². The molecule has 0 heterocycles. The van der Waals surface area contributed by atoms with E-state index < -0.39 is 0 Å². The van der Waals surface area contributed by atoms with E-state index in [-0.39, 0.29) is 38.5 Å². The molecule has 0 aliphatic heterocycles. The molecule has 0 saturated heterocycles. The van der Waals surface area contributed by atoms with Crippen molar-refractivity contribution < 1.29 is 37.8 Å². The Hall–Kier alpha value is -0.656. The van der Waals surface area contributed by atoms with Gasteiger partial charge in [0.25, 0.3) is 0 Å². The molecule has 0 atom stereocenters. The van der Waals surface area contributed by atoms with Gasteiger partial charge in [-0.25, -0.2) is 0 Å². The van der Waals surface area contributed by atoms with Crippen LogP contribution in [0.3, 0.4) is 0 Å². The zero-order valence-corrected chi connectivity index (χ0v) is 10.6. The molecule has 2 aromatic carbocycles. The van der Waals surface area contributed by atoms with E-state index in [1.165, 1.54) is 0 Å². The standard InChI is InChI=1S/C12H10O.Y/c1-2-9-7-11(13)8-10-5-3-4-6-12(9)10;/h2-8,13H,1H2;. The van der Waals surface area contributed by atoms with Gasteiger partial charge in [0.05, 0.1) is 0 Å². The molecule has 0 aliphatic rings. The van der Waals surface area contributed by atoms with E-state index in [0.717, 1.165) is 16.3 Å². The van der Waals surface area contributed by atoms with E-state index in [0.29, 0.717) is 0 Å². The smallest absolute Gasteiger partial charge is 0.116 e. The molecule has 0 spiro atoms. The van der Waals surface area contributed by atoms with Crippen LogP contribution in [0.25, 0.3) is 16.8 Å². The Labute approximate surface area is 108 Å². The Morgan fingerprint density at radius 2 is 1.86 bits per heavy atom. The van der Waals surface area contributed by atoms with Gasteiger partial charge in [-0.15, -0.1) is 0 Å². The second-order valence-electron chi connectivity index (χ2n) is 2.96. The number of rotatable bonds is 1. The van der Waals surface area contributed by atoms with Crippen LogP contribution in [-0.4, -0.2) is 5.11 Å². The molecule has 2 rings (SSSR count). The second-order valence-corrected chi connectivity index (χ2v) is 2.96. The maximum absolute atomic E-state index is 9.39. The number of benzene rings is 2. The van der Waals surface area contributed by atoms with E-state index in [1.54, 1.807) is 18.2 Å². The number of fused-ring (bicyclic) bond motifs is 1. The van der Waals surface area contributed by atoms with Crippen molar-refractivity contribution in [3.63, 3.8) is 0 Å². The van der Waals surface area contributed by atoms with Gasteiger partial charge in [-0.3, -0.25) is 0 Å². The Morgan fingerprint density at radius 3 is 2.57 bits per heavy atom. The van der Waals surface area contributed by atoms with Crippen LogP contribution in [-0.2, 0) is 32.7 Å². The Kier molecular flexibility index (Phi) is 3.85. The summed E-state index contributed by atoms with van der Waals surface area (Å²) in [7, 11) is 0. The van der Waals surface area contributed by atoms with Crippen LogP contribution < -0.4 is 0 Å². The summed E-state index contributed by atoms with van der Waals surface area (Å²) in [6, 6.07) is 11.4. The monoisotopic (exact) mass is 259 g/mol. The summed E-state index contributed by atoms with van der Waals surface area (Å²) >= 11 is 0. The first-order valence-corrected chi connectivity index (χ1v) is 4.15. The van der Waals surface area contributed by atoms with Crippen molar-refractivity contribution >= 4 is 16.8 Å². The number of aromatic hydroxyl groups is 1. The largest absolute Gasteiger partial charge is 0.508 e. The number of hydrogen-bond acceptors (Lipinski definition) is 1.